The van der Waals surface area contributed by atoms with Crippen LogP contribution in [0.3, 0.4) is 0 Å². The van der Waals surface area contributed by atoms with Crippen LogP contribution in [0.5, 0.6) is 11.5 Å². The Hall–Kier alpha value is -6.86. The Morgan fingerprint density at radius 2 is 0.654 bits per heavy atom. The number of nitrogens with zero attached hydrogens (tertiary/aromatic N) is 2. The minimum absolute atomic E-state index is 0.156. The molecule has 0 spiro atoms. The normalized spacial score (nSPS) is 14.4. The van der Waals surface area contributed by atoms with Crippen LogP contribution >= 0.6 is 22.7 Å². The van der Waals surface area contributed by atoms with Crippen LogP contribution in [0.2, 0.25) is 0 Å². The van der Waals surface area contributed by atoms with Crippen molar-refractivity contribution >= 4 is 54.0 Å². The van der Waals surface area contributed by atoms with Gasteiger partial charge in [0.15, 0.2) is 0 Å². The van der Waals surface area contributed by atoms with Crippen molar-refractivity contribution in [3.8, 4) is 45.9 Å². The maximum absolute atomic E-state index is 16.7. The first-order chi connectivity index (χ1) is 39.4. The summed E-state index contributed by atoms with van der Waals surface area (Å²) in [5.41, 5.74) is 2.69. The molecule has 0 aliphatic heterocycles. The lowest BCUT2D eigenvalue weighted by Crippen LogP contribution is -2.49. The van der Waals surface area contributed by atoms with Crippen LogP contribution in [-0.2, 0) is 12.8 Å². The standard InChI is InChI=1S/C69H68F6N2O2S2/c70-67(71)65(63-57-23-17-19-25-59(57)80-61(63)27-15-11-7-3-1-5-9-13-21-45-78-55-41-37-53(38-42-55)51-33-29-49(47-76)30-34-51)66(68(72,73)69(67,74)75)64-58-24-18-20-26-60(58)81-62(64)28-16-12-8-4-2-6-10-14-22-46-79-56-43-39-54(40-44-56)52-35-31-50(48-77)32-36-52/h17-20,23-26,29-44H,1-16,21-22,27-28,45-46H2. The summed E-state index contributed by atoms with van der Waals surface area (Å²) in [6.07, 6.45) is 17.7. The van der Waals surface area contributed by atoms with Crippen LogP contribution in [0.4, 0.5) is 26.3 Å². The zero-order chi connectivity index (χ0) is 56.7. The predicted octanol–water partition coefficient (Wildman–Crippen LogP) is 21.3. The van der Waals surface area contributed by atoms with Crippen molar-refractivity contribution in [1.29, 1.82) is 10.5 Å². The van der Waals surface area contributed by atoms with Gasteiger partial charge in [-0.15, -0.1) is 22.7 Å². The topological polar surface area (TPSA) is 66.0 Å². The van der Waals surface area contributed by atoms with Crippen molar-refractivity contribution in [1.82, 2.24) is 0 Å². The Kier molecular flexibility index (Phi) is 20.1. The second-order valence-corrected chi connectivity index (χ2v) is 23.5. The minimum Gasteiger partial charge on any atom is -0.494 e. The summed E-state index contributed by atoms with van der Waals surface area (Å²) in [5, 5.41) is 18.7. The van der Waals surface area contributed by atoms with Gasteiger partial charge >= 0.3 is 17.8 Å². The number of fused-ring (bicyclic) bond motifs is 2. The highest BCUT2D eigenvalue weighted by molar-refractivity contribution is 7.19. The maximum atomic E-state index is 16.7. The highest BCUT2D eigenvalue weighted by Crippen LogP contribution is 2.67. The van der Waals surface area contributed by atoms with E-state index in [1.165, 1.54) is 22.7 Å². The molecule has 9 rings (SSSR count). The predicted molar refractivity (Wildman–Crippen MR) is 320 cm³/mol. The summed E-state index contributed by atoms with van der Waals surface area (Å²) in [7, 11) is 0. The van der Waals surface area contributed by atoms with Gasteiger partial charge in [0.2, 0.25) is 0 Å². The highest BCUT2D eigenvalue weighted by atomic mass is 32.1. The molecule has 0 amide bonds. The summed E-state index contributed by atoms with van der Waals surface area (Å²) in [4.78, 5) is 0.887. The van der Waals surface area contributed by atoms with Crippen LogP contribution in [0.25, 0.3) is 53.6 Å². The lowest BCUT2D eigenvalue weighted by atomic mass is 9.90. The molecule has 12 heteroatoms. The average Bonchev–Trinajstić information content (AvgIpc) is 1.96. The van der Waals surface area contributed by atoms with Crippen molar-refractivity contribution in [2.24, 2.45) is 0 Å². The molecule has 81 heavy (non-hydrogen) atoms. The molecule has 0 radical (unpaired) electrons. The number of aryl methyl sites for hydroxylation is 2. The van der Waals surface area contributed by atoms with E-state index in [-0.39, 0.29) is 11.1 Å². The van der Waals surface area contributed by atoms with Gasteiger partial charge in [0.05, 0.1) is 36.5 Å². The molecule has 4 nitrogen and oxygen atoms in total. The van der Waals surface area contributed by atoms with Crippen LogP contribution in [-0.4, -0.2) is 31.0 Å². The van der Waals surface area contributed by atoms with Crippen molar-refractivity contribution in [3.05, 3.63) is 178 Å². The molecule has 6 aromatic carbocycles. The van der Waals surface area contributed by atoms with Gasteiger partial charge < -0.3 is 9.47 Å². The van der Waals surface area contributed by atoms with Gasteiger partial charge in [-0.3, -0.25) is 0 Å². The SMILES string of the molecule is N#Cc1ccc(-c2ccc(OCCCCCCCCCCCc3sc4ccccc4c3C3=C(c4c(CCCCCCCCCCCOc5ccc(-c6ccc(C#N)cc6)cc5)sc5ccccc45)C(F)(F)C(F)(F)C3(F)F)cc2)cc1. The van der Waals surface area contributed by atoms with E-state index in [1.807, 2.05) is 97.1 Å². The molecule has 0 unspecified atom stereocenters. The second-order valence-electron chi connectivity index (χ2n) is 21.3. The van der Waals surface area contributed by atoms with Crippen LogP contribution in [0.1, 0.15) is 148 Å². The van der Waals surface area contributed by atoms with E-state index in [4.69, 9.17) is 20.0 Å². The lowest BCUT2D eigenvalue weighted by molar-refractivity contribution is -0.254. The number of hydrogen-bond donors (Lipinski definition) is 0. The zero-order valence-corrected chi connectivity index (χ0v) is 47.3. The largest absolute Gasteiger partial charge is 0.494 e. The molecule has 0 atom stereocenters. The fourth-order valence-electron chi connectivity index (χ4n) is 11.1. The molecule has 2 aromatic heterocycles. The zero-order valence-electron chi connectivity index (χ0n) is 45.7. The number of halogens is 6. The van der Waals surface area contributed by atoms with Crippen molar-refractivity contribution < 1.29 is 35.8 Å². The average molecular weight is 1140 g/mol. The third kappa shape index (κ3) is 13.9. The number of nitriles is 2. The second kappa shape index (κ2) is 27.7. The fourth-order valence-corrected chi connectivity index (χ4v) is 13.6. The summed E-state index contributed by atoms with van der Waals surface area (Å²) >= 11 is 2.49. The molecule has 0 fully saturated rings. The van der Waals surface area contributed by atoms with E-state index in [1.54, 1.807) is 48.5 Å². The van der Waals surface area contributed by atoms with Gasteiger partial charge in [-0.1, -0.05) is 175 Å². The van der Waals surface area contributed by atoms with E-state index in [0.29, 0.717) is 80.0 Å². The molecule has 0 N–H and O–H groups in total. The molecule has 0 saturated carbocycles. The van der Waals surface area contributed by atoms with E-state index >= 15 is 26.3 Å². The van der Waals surface area contributed by atoms with Gasteiger partial charge in [0.25, 0.3) is 0 Å². The summed E-state index contributed by atoms with van der Waals surface area (Å²) in [5.74, 6) is -14.3. The molecule has 420 valence electrons. The molecular weight excluding hydrogens is 1070 g/mol. The first-order valence-corrected chi connectivity index (χ1v) is 30.4. The van der Waals surface area contributed by atoms with Crippen LogP contribution < -0.4 is 9.47 Å². The third-order valence-electron chi connectivity index (χ3n) is 15.5. The van der Waals surface area contributed by atoms with Crippen molar-refractivity contribution in [3.63, 3.8) is 0 Å². The van der Waals surface area contributed by atoms with Crippen molar-refractivity contribution in [2.45, 2.75) is 146 Å². The molecule has 1 aliphatic rings. The summed E-state index contributed by atoms with van der Waals surface area (Å²) < 4.78 is 112. The van der Waals surface area contributed by atoms with E-state index < -0.39 is 28.9 Å². The Balaban J connectivity index is 0.750. The molecule has 1 aliphatic carbocycles. The number of thiophene rings is 2. The van der Waals surface area contributed by atoms with Crippen LogP contribution in [0.15, 0.2) is 146 Å². The smallest absolute Gasteiger partial charge is 0.380 e. The Morgan fingerprint density at radius 1 is 0.358 bits per heavy atom. The van der Waals surface area contributed by atoms with Gasteiger partial charge in [0, 0.05) is 52.2 Å². The Morgan fingerprint density at radius 3 is 0.988 bits per heavy atom. The van der Waals surface area contributed by atoms with Gasteiger partial charge in [-0.25, -0.2) is 0 Å². The Bertz CT molecular complexity index is 3220. The van der Waals surface area contributed by atoms with Gasteiger partial charge in [0.1, 0.15) is 11.5 Å². The molecule has 8 aromatic rings. The van der Waals surface area contributed by atoms with E-state index in [0.717, 1.165) is 136 Å². The highest BCUT2D eigenvalue weighted by Gasteiger charge is 2.80. The molecule has 0 bridgehead atoms. The number of allylic oxidation sites excluding steroid dienone is 2. The first-order valence-electron chi connectivity index (χ1n) is 28.8. The fraction of sp³-hybridized carbons (Fsp3) is 0.362. The van der Waals surface area contributed by atoms with E-state index in [2.05, 4.69) is 12.1 Å². The Labute approximate surface area is 480 Å². The van der Waals surface area contributed by atoms with Crippen molar-refractivity contribution in [2.75, 3.05) is 13.2 Å². The third-order valence-corrected chi connectivity index (χ3v) is 18.0. The number of hydrogen-bond acceptors (Lipinski definition) is 6. The number of ether oxygens (including phenoxy) is 2. The quantitative estimate of drug-likeness (QED) is 0.0332. The van der Waals surface area contributed by atoms with Gasteiger partial charge in [-0.2, -0.15) is 36.9 Å². The molecule has 2 heterocycles. The maximum Gasteiger partial charge on any atom is 0.380 e. The minimum atomic E-state index is -5.65. The molecular formula is C69H68F6N2O2S2. The molecule has 0 saturated heterocycles. The van der Waals surface area contributed by atoms with E-state index in [9.17, 15) is 0 Å². The lowest BCUT2D eigenvalue weighted by Gasteiger charge is -2.26. The monoisotopic (exact) mass is 1130 g/mol. The number of rotatable bonds is 30. The number of alkyl halides is 6. The van der Waals surface area contributed by atoms with Crippen LogP contribution in [0, 0.1) is 22.7 Å². The number of unbranched alkanes of at least 4 members (excludes halogenated alkanes) is 16. The van der Waals surface area contributed by atoms with Gasteiger partial charge in [-0.05, 0) is 121 Å². The first kappa shape index (κ1) is 58.8. The summed E-state index contributed by atoms with van der Waals surface area (Å²) in [6, 6.07) is 48.7. The number of benzene rings is 6. The summed E-state index contributed by atoms with van der Waals surface area (Å²) in [6.45, 7) is 1.26.